The Balaban J connectivity index is 1.70. The number of carbonyl (C=O) groups is 2. The number of para-hydroxylation sites is 1. The van der Waals surface area contributed by atoms with Gasteiger partial charge in [-0.05, 0) is 31.0 Å². The van der Waals surface area contributed by atoms with Gasteiger partial charge in [0, 0.05) is 12.6 Å². The molecule has 0 bridgehead atoms. The van der Waals surface area contributed by atoms with Gasteiger partial charge < -0.3 is 14.1 Å². The van der Waals surface area contributed by atoms with E-state index in [2.05, 4.69) is 0 Å². The van der Waals surface area contributed by atoms with Gasteiger partial charge in [0.2, 0.25) is 5.76 Å². The van der Waals surface area contributed by atoms with Crippen molar-refractivity contribution in [2.45, 2.75) is 18.9 Å². The minimum atomic E-state index is -0.602. The Morgan fingerprint density at radius 2 is 2.08 bits per heavy atom. The third-order valence-electron chi connectivity index (χ3n) is 4.10. The predicted molar refractivity (Wildman–Crippen MR) is 86.1 cm³/mol. The van der Waals surface area contributed by atoms with E-state index in [0.717, 1.165) is 6.42 Å². The summed E-state index contributed by atoms with van der Waals surface area (Å²) >= 11 is 0. The third kappa shape index (κ3) is 3.52. The largest absolute Gasteiger partial charge is 0.458 e. The molecule has 1 saturated heterocycles. The van der Waals surface area contributed by atoms with Gasteiger partial charge in [-0.1, -0.05) is 12.1 Å². The van der Waals surface area contributed by atoms with Crippen LogP contribution in [0.1, 0.15) is 33.8 Å². The number of nitro groups is 1. The number of rotatable bonds is 5. The van der Waals surface area contributed by atoms with Crippen LogP contribution in [0.15, 0.2) is 47.1 Å². The number of hydrogen-bond donors (Lipinski definition) is 0. The van der Waals surface area contributed by atoms with E-state index in [1.165, 1.54) is 35.4 Å². The van der Waals surface area contributed by atoms with Gasteiger partial charge in [0.15, 0.2) is 0 Å². The van der Waals surface area contributed by atoms with Crippen molar-refractivity contribution < 1.29 is 23.7 Å². The van der Waals surface area contributed by atoms with E-state index in [9.17, 15) is 19.7 Å². The number of likely N-dealkylation sites (tertiary alicyclic amines) is 1. The van der Waals surface area contributed by atoms with E-state index in [4.69, 9.17) is 9.15 Å². The van der Waals surface area contributed by atoms with Crippen molar-refractivity contribution in [3.8, 4) is 0 Å². The number of nitrogens with zero attached hydrogens (tertiary/aromatic N) is 2. The zero-order valence-electron chi connectivity index (χ0n) is 13.3. The zero-order chi connectivity index (χ0) is 17.8. The number of esters is 1. The lowest BCUT2D eigenvalue weighted by molar-refractivity contribution is -0.385. The van der Waals surface area contributed by atoms with Crippen molar-refractivity contribution in [1.82, 2.24) is 4.90 Å². The number of furan rings is 1. The lowest BCUT2D eigenvalue weighted by atomic mass is 10.1. The molecule has 0 N–H and O–H groups in total. The van der Waals surface area contributed by atoms with Crippen LogP contribution in [0.25, 0.3) is 0 Å². The first-order chi connectivity index (χ1) is 12.1. The van der Waals surface area contributed by atoms with Gasteiger partial charge in [-0.15, -0.1) is 0 Å². The maximum absolute atomic E-state index is 12.7. The summed E-state index contributed by atoms with van der Waals surface area (Å²) in [5, 5.41) is 11.1. The molecule has 1 aliphatic heterocycles. The molecule has 8 heteroatoms. The van der Waals surface area contributed by atoms with Crippen LogP contribution in [0.5, 0.6) is 0 Å². The highest BCUT2D eigenvalue weighted by Gasteiger charge is 2.33. The monoisotopic (exact) mass is 344 g/mol. The molecule has 0 radical (unpaired) electrons. The first kappa shape index (κ1) is 16.7. The van der Waals surface area contributed by atoms with Gasteiger partial charge in [0.05, 0.1) is 17.2 Å². The lowest BCUT2D eigenvalue weighted by Crippen LogP contribution is -2.39. The topological polar surface area (TPSA) is 103 Å². The van der Waals surface area contributed by atoms with E-state index in [1.54, 1.807) is 12.1 Å². The second kappa shape index (κ2) is 7.16. The van der Waals surface area contributed by atoms with Crippen molar-refractivity contribution in [1.29, 1.82) is 0 Å². The molecule has 0 saturated carbocycles. The Kier molecular flexibility index (Phi) is 4.78. The van der Waals surface area contributed by atoms with Gasteiger partial charge in [-0.25, -0.2) is 4.79 Å². The van der Waals surface area contributed by atoms with E-state index >= 15 is 0 Å². The lowest BCUT2D eigenvalue weighted by Gasteiger charge is -2.24. The molecular weight excluding hydrogens is 328 g/mol. The Labute approximate surface area is 143 Å². The van der Waals surface area contributed by atoms with Crippen LogP contribution in [-0.2, 0) is 4.74 Å². The van der Waals surface area contributed by atoms with Crippen LogP contribution in [0.4, 0.5) is 5.69 Å². The number of nitro benzene ring substituents is 1. The first-order valence-electron chi connectivity index (χ1n) is 7.83. The average molecular weight is 344 g/mol. The van der Waals surface area contributed by atoms with Crippen molar-refractivity contribution in [2.24, 2.45) is 0 Å². The number of amides is 1. The van der Waals surface area contributed by atoms with Crippen molar-refractivity contribution in [3.63, 3.8) is 0 Å². The highest BCUT2D eigenvalue weighted by atomic mass is 16.6. The van der Waals surface area contributed by atoms with E-state index in [-0.39, 0.29) is 29.7 Å². The fourth-order valence-corrected chi connectivity index (χ4v) is 2.88. The molecule has 1 unspecified atom stereocenters. The van der Waals surface area contributed by atoms with Crippen LogP contribution in [-0.4, -0.2) is 40.9 Å². The molecule has 25 heavy (non-hydrogen) atoms. The quantitative estimate of drug-likeness (QED) is 0.469. The van der Waals surface area contributed by atoms with Gasteiger partial charge in [-0.3, -0.25) is 14.9 Å². The van der Waals surface area contributed by atoms with Crippen LogP contribution >= 0.6 is 0 Å². The molecule has 2 aromatic rings. The highest BCUT2D eigenvalue weighted by Crippen LogP contribution is 2.25. The Morgan fingerprint density at radius 1 is 1.28 bits per heavy atom. The van der Waals surface area contributed by atoms with Crippen LogP contribution in [0, 0.1) is 10.1 Å². The summed E-state index contributed by atoms with van der Waals surface area (Å²) in [5.41, 5.74) is -0.192. The molecule has 130 valence electrons. The molecule has 0 spiro atoms. The molecule has 2 heterocycles. The maximum Gasteiger partial charge on any atom is 0.374 e. The summed E-state index contributed by atoms with van der Waals surface area (Å²) in [6.45, 7) is 0.486. The minimum Gasteiger partial charge on any atom is -0.458 e. The summed E-state index contributed by atoms with van der Waals surface area (Å²) in [5.74, 6) is -0.937. The highest BCUT2D eigenvalue weighted by molar-refractivity contribution is 5.98. The fraction of sp³-hybridized carbons (Fsp3) is 0.294. The predicted octanol–water partition coefficient (Wildman–Crippen LogP) is 2.65. The molecular formula is C17H16N2O6. The van der Waals surface area contributed by atoms with Gasteiger partial charge in [0.1, 0.15) is 12.2 Å². The summed E-state index contributed by atoms with van der Waals surface area (Å²) < 4.78 is 10.2. The normalized spacial score (nSPS) is 16.6. The molecule has 8 nitrogen and oxygen atoms in total. The van der Waals surface area contributed by atoms with Crippen LogP contribution < -0.4 is 0 Å². The average Bonchev–Trinajstić information content (AvgIpc) is 3.30. The Bertz CT molecular complexity index is 786. The van der Waals surface area contributed by atoms with Gasteiger partial charge >= 0.3 is 5.97 Å². The van der Waals surface area contributed by atoms with E-state index in [0.29, 0.717) is 13.0 Å². The molecule has 1 atom stereocenters. The molecule has 1 aromatic carbocycles. The van der Waals surface area contributed by atoms with E-state index in [1.807, 2.05) is 0 Å². The standard InChI is InChI=1S/C17H16N2O6/c20-16(13-6-1-2-7-14(13)19(22)23)18-9-3-5-12(18)11-25-17(21)15-8-4-10-24-15/h1-2,4,6-8,10,12H,3,5,9,11H2. The smallest absolute Gasteiger partial charge is 0.374 e. The molecule has 3 rings (SSSR count). The summed E-state index contributed by atoms with van der Waals surface area (Å²) in [4.78, 5) is 36.6. The van der Waals surface area contributed by atoms with E-state index < -0.39 is 16.8 Å². The van der Waals surface area contributed by atoms with Gasteiger partial charge in [-0.2, -0.15) is 0 Å². The Hall–Kier alpha value is -3.16. The number of ether oxygens (including phenoxy) is 1. The SMILES string of the molecule is O=C(OCC1CCCN1C(=O)c1ccccc1[N+](=O)[O-])c1ccco1. The maximum atomic E-state index is 12.7. The minimum absolute atomic E-state index is 0.0197. The number of hydrogen-bond acceptors (Lipinski definition) is 6. The number of benzene rings is 1. The molecule has 1 amide bonds. The molecule has 0 aliphatic carbocycles. The van der Waals surface area contributed by atoms with Crippen molar-refractivity contribution in [3.05, 3.63) is 64.1 Å². The zero-order valence-corrected chi connectivity index (χ0v) is 13.3. The summed E-state index contributed by atoms with van der Waals surface area (Å²) in [6.07, 6.45) is 2.78. The van der Waals surface area contributed by atoms with Gasteiger partial charge in [0.25, 0.3) is 11.6 Å². The molecule has 1 aromatic heterocycles. The van der Waals surface area contributed by atoms with Crippen molar-refractivity contribution in [2.75, 3.05) is 13.2 Å². The second-order valence-corrected chi connectivity index (χ2v) is 5.64. The van der Waals surface area contributed by atoms with Crippen LogP contribution in [0.3, 0.4) is 0 Å². The first-order valence-corrected chi connectivity index (χ1v) is 7.83. The Morgan fingerprint density at radius 3 is 2.80 bits per heavy atom. The summed E-state index contributed by atoms with van der Waals surface area (Å²) in [6, 6.07) is 8.60. The molecule has 1 aliphatic rings. The fourth-order valence-electron chi connectivity index (χ4n) is 2.88. The second-order valence-electron chi connectivity index (χ2n) is 5.64. The third-order valence-corrected chi connectivity index (χ3v) is 4.10. The molecule has 1 fully saturated rings. The van der Waals surface area contributed by atoms with Crippen LogP contribution in [0.2, 0.25) is 0 Å². The van der Waals surface area contributed by atoms with Crippen molar-refractivity contribution >= 4 is 17.6 Å². The summed E-state index contributed by atoms with van der Waals surface area (Å²) in [7, 11) is 0. The number of carbonyl (C=O) groups excluding carboxylic acids is 2.